The predicted molar refractivity (Wildman–Crippen MR) is 109 cm³/mol. The van der Waals surface area contributed by atoms with Crippen LogP contribution in [0.3, 0.4) is 0 Å². The number of nitrogens with zero attached hydrogens (tertiary/aromatic N) is 2. The van der Waals surface area contributed by atoms with Crippen molar-refractivity contribution in [3.05, 3.63) is 0 Å². The van der Waals surface area contributed by atoms with Gasteiger partial charge < -0.3 is 15.0 Å². The Bertz CT molecular complexity index is 354. The number of ether oxygens (including phenoxy) is 1. The van der Waals surface area contributed by atoms with Gasteiger partial charge in [0.2, 0.25) is 0 Å². The monoisotopic (exact) mass is 437 g/mol. The Morgan fingerprint density at radius 2 is 2.00 bits per heavy atom. The van der Waals surface area contributed by atoms with Crippen LogP contribution < -0.4 is 5.32 Å². The summed E-state index contributed by atoms with van der Waals surface area (Å²) in [7, 11) is 1.90. The van der Waals surface area contributed by atoms with Gasteiger partial charge in [-0.15, -0.1) is 24.0 Å². The number of hydrogen-bond acceptors (Lipinski definition) is 2. The molecule has 0 bridgehead atoms. The first-order chi connectivity index (χ1) is 10.7. The molecule has 1 unspecified atom stereocenters. The standard InChI is InChI=1S/C18H35N3O.HI/c1-16(2)8-6-4-5-7-11-20-17(19-3)21-12-9-18(14-21)10-13-22-15-18;/h16H,4-15H2,1-3H3,(H,19,20);1H. The number of likely N-dealkylation sites (tertiary alicyclic amines) is 1. The zero-order valence-corrected chi connectivity index (χ0v) is 17.6. The van der Waals surface area contributed by atoms with Gasteiger partial charge >= 0.3 is 0 Å². The van der Waals surface area contributed by atoms with Crippen LogP contribution in [0.15, 0.2) is 4.99 Å². The van der Waals surface area contributed by atoms with Crippen LogP contribution in [0.1, 0.15) is 58.8 Å². The lowest BCUT2D eigenvalue weighted by molar-refractivity contribution is 0.156. The predicted octanol–water partition coefficient (Wildman–Crippen LogP) is 3.90. The van der Waals surface area contributed by atoms with Crippen molar-refractivity contribution in [2.24, 2.45) is 16.3 Å². The minimum absolute atomic E-state index is 0. The van der Waals surface area contributed by atoms with Gasteiger partial charge in [-0.05, 0) is 25.2 Å². The van der Waals surface area contributed by atoms with Gasteiger partial charge in [0, 0.05) is 38.7 Å². The van der Waals surface area contributed by atoms with Gasteiger partial charge in [0.25, 0.3) is 0 Å². The van der Waals surface area contributed by atoms with E-state index in [9.17, 15) is 0 Å². The zero-order valence-electron chi connectivity index (χ0n) is 15.3. The highest BCUT2D eigenvalue weighted by molar-refractivity contribution is 14.0. The van der Waals surface area contributed by atoms with Gasteiger partial charge in [0.05, 0.1) is 6.61 Å². The molecule has 0 radical (unpaired) electrons. The lowest BCUT2D eigenvalue weighted by Crippen LogP contribution is -2.41. The highest BCUT2D eigenvalue weighted by Crippen LogP contribution is 2.38. The lowest BCUT2D eigenvalue weighted by Gasteiger charge is -2.25. The summed E-state index contributed by atoms with van der Waals surface area (Å²) < 4.78 is 5.61. The molecule has 2 heterocycles. The Morgan fingerprint density at radius 1 is 1.22 bits per heavy atom. The molecule has 1 atom stereocenters. The Balaban J connectivity index is 0.00000264. The van der Waals surface area contributed by atoms with E-state index in [1.807, 2.05) is 7.05 Å². The zero-order chi connectivity index (χ0) is 15.8. The normalized spacial score (nSPS) is 24.5. The molecule has 2 saturated heterocycles. The summed E-state index contributed by atoms with van der Waals surface area (Å²) in [6.07, 6.45) is 9.16. The van der Waals surface area contributed by atoms with Crippen LogP contribution in [0.4, 0.5) is 0 Å². The molecule has 2 aliphatic rings. The maximum absolute atomic E-state index is 5.61. The van der Waals surface area contributed by atoms with Crippen molar-refractivity contribution in [2.45, 2.75) is 58.8 Å². The van der Waals surface area contributed by atoms with E-state index in [0.29, 0.717) is 5.41 Å². The van der Waals surface area contributed by atoms with E-state index < -0.39 is 0 Å². The molecule has 2 rings (SSSR count). The summed E-state index contributed by atoms with van der Waals surface area (Å²) in [5.41, 5.74) is 0.411. The summed E-state index contributed by atoms with van der Waals surface area (Å²) in [6.45, 7) is 9.78. The molecule has 0 aromatic carbocycles. The summed E-state index contributed by atoms with van der Waals surface area (Å²) in [5, 5.41) is 3.55. The van der Waals surface area contributed by atoms with E-state index in [1.165, 1.54) is 44.9 Å². The van der Waals surface area contributed by atoms with Crippen molar-refractivity contribution >= 4 is 29.9 Å². The Hall–Kier alpha value is -0.0400. The fourth-order valence-electron chi connectivity index (χ4n) is 3.65. The van der Waals surface area contributed by atoms with Crippen LogP contribution in [-0.4, -0.2) is 50.8 Å². The molecule has 0 saturated carbocycles. The van der Waals surface area contributed by atoms with Gasteiger partial charge in [0.1, 0.15) is 0 Å². The van der Waals surface area contributed by atoms with Gasteiger partial charge in [-0.3, -0.25) is 4.99 Å². The number of aliphatic imine (C=N–C) groups is 1. The molecule has 1 spiro atoms. The average molecular weight is 437 g/mol. The van der Waals surface area contributed by atoms with E-state index in [4.69, 9.17) is 4.74 Å². The van der Waals surface area contributed by atoms with Gasteiger partial charge in [0.15, 0.2) is 5.96 Å². The third-order valence-corrected chi connectivity index (χ3v) is 5.13. The molecule has 5 heteroatoms. The second kappa shape index (κ2) is 10.7. The molecule has 0 aromatic rings. The Labute approximate surface area is 159 Å². The van der Waals surface area contributed by atoms with Crippen LogP contribution in [0.5, 0.6) is 0 Å². The van der Waals surface area contributed by atoms with Crippen LogP contribution >= 0.6 is 24.0 Å². The smallest absolute Gasteiger partial charge is 0.193 e. The van der Waals surface area contributed by atoms with Crippen LogP contribution in [0, 0.1) is 11.3 Å². The molecule has 4 nitrogen and oxygen atoms in total. The minimum atomic E-state index is 0. The topological polar surface area (TPSA) is 36.9 Å². The lowest BCUT2D eigenvalue weighted by atomic mass is 9.87. The second-order valence-corrected chi connectivity index (χ2v) is 7.54. The number of hydrogen-bond donors (Lipinski definition) is 1. The largest absolute Gasteiger partial charge is 0.381 e. The van der Waals surface area contributed by atoms with Crippen molar-refractivity contribution in [1.29, 1.82) is 0 Å². The number of guanidine groups is 1. The van der Waals surface area contributed by atoms with Crippen molar-refractivity contribution in [1.82, 2.24) is 10.2 Å². The van der Waals surface area contributed by atoms with Gasteiger partial charge in [-0.25, -0.2) is 0 Å². The highest BCUT2D eigenvalue weighted by atomic mass is 127. The van der Waals surface area contributed by atoms with Crippen molar-refractivity contribution in [3.8, 4) is 0 Å². The molecular weight excluding hydrogens is 401 g/mol. The highest BCUT2D eigenvalue weighted by Gasteiger charge is 2.42. The molecule has 0 aromatic heterocycles. The summed E-state index contributed by atoms with van der Waals surface area (Å²) in [6, 6.07) is 0. The second-order valence-electron chi connectivity index (χ2n) is 7.54. The Morgan fingerprint density at radius 3 is 2.65 bits per heavy atom. The maximum Gasteiger partial charge on any atom is 0.193 e. The SMILES string of the molecule is CN=C(NCCCCCCC(C)C)N1CCC2(CCOC2)C1.I. The van der Waals surface area contributed by atoms with E-state index in [1.54, 1.807) is 0 Å². The first-order valence-corrected chi connectivity index (χ1v) is 9.18. The van der Waals surface area contributed by atoms with Gasteiger partial charge in [-0.2, -0.15) is 0 Å². The third kappa shape index (κ3) is 6.77. The number of unbranched alkanes of at least 4 members (excludes halogenated alkanes) is 3. The van der Waals surface area contributed by atoms with Crippen LogP contribution in [0.25, 0.3) is 0 Å². The molecule has 0 amide bonds. The average Bonchev–Trinajstić information content (AvgIpc) is 3.12. The number of nitrogens with one attached hydrogen (secondary N) is 1. The summed E-state index contributed by atoms with van der Waals surface area (Å²) >= 11 is 0. The van der Waals surface area contributed by atoms with Crippen molar-refractivity contribution in [3.63, 3.8) is 0 Å². The maximum atomic E-state index is 5.61. The summed E-state index contributed by atoms with van der Waals surface area (Å²) in [4.78, 5) is 6.90. The quantitative estimate of drug-likeness (QED) is 0.284. The third-order valence-electron chi connectivity index (χ3n) is 5.13. The molecule has 136 valence electrons. The van der Waals surface area contributed by atoms with Crippen LogP contribution in [-0.2, 0) is 4.74 Å². The number of halogens is 1. The van der Waals surface area contributed by atoms with Crippen molar-refractivity contribution < 1.29 is 4.74 Å². The minimum Gasteiger partial charge on any atom is -0.381 e. The molecule has 23 heavy (non-hydrogen) atoms. The molecule has 0 aliphatic carbocycles. The van der Waals surface area contributed by atoms with E-state index >= 15 is 0 Å². The van der Waals surface area contributed by atoms with Gasteiger partial charge in [-0.1, -0.05) is 39.5 Å². The fourth-order valence-corrected chi connectivity index (χ4v) is 3.65. The first kappa shape index (κ1) is 21.0. The van der Waals surface area contributed by atoms with E-state index in [-0.39, 0.29) is 24.0 Å². The molecular formula is C18H36IN3O. The fraction of sp³-hybridized carbons (Fsp3) is 0.944. The molecule has 1 N–H and O–H groups in total. The Kier molecular flexibility index (Phi) is 9.82. The van der Waals surface area contributed by atoms with Crippen molar-refractivity contribution in [2.75, 3.05) is 39.9 Å². The van der Waals surface area contributed by atoms with E-state index in [2.05, 4.69) is 29.1 Å². The number of rotatable bonds is 7. The summed E-state index contributed by atoms with van der Waals surface area (Å²) in [5.74, 6) is 1.94. The molecule has 2 aliphatic heterocycles. The molecule has 2 fully saturated rings. The van der Waals surface area contributed by atoms with E-state index in [0.717, 1.165) is 44.7 Å². The van der Waals surface area contributed by atoms with Crippen LogP contribution in [0.2, 0.25) is 0 Å². The first-order valence-electron chi connectivity index (χ1n) is 9.18.